The first-order valence-corrected chi connectivity index (χ1v) is 6.13. The fourth-order valence-electron chi connectivity index (χ4n) is 1.40. The number of aliphatic carboxylic acids is 1. The summed E-state index contributed by atoms with van der Waals surface area (Å²) in [5.74, 6) is -0.00749. The lowest BCUT2D eigenvalue weighted by atomic mass is 10.2. The van der Waals surface area contributed by atoms with Gasteiger partial charge in [-0.15, -0.1) is 11.3 Å². The molecule has 0 atom stereocenters. The molecule has 0 unspecified atom stereocenters. The zero-order valence-corrected chi connectivity index (χ0v) is 10.5. The molecule has 0 fully saturated rings. The van der Waals surface area contributed by atoms with Gasteiger partial charge in [0, 0.05) is 5.92 Å². The molecule has 0 spiro atoms. The highest BCUT2D eigenvalue weighted by molar-refractivity contribution is 7.18. The van der Waals surface area contributed by atoms with Crippen LogP contribution in [0.25, 0.3) is 10.2 Å². The Balaban J connectivity index is 2.27. The average molecular weight is 251 g/mol. The molecule has 0 aliphatic heterocycles. The molecule has 1 aromatic heterocycles. The normalized spacial score (nSPS) is 11.0. The van der Waals surface area contributed by atoms with Crippen molar-refractivity contribution in [2.45, 2.75) is 19.8 Å². The van der Waals surface area contributed by atoms with Gasteiger partial charge in [0.15, 0.2) is 6.61 Å². The summed E-state index contributed by atoms with van der Waals surface area (Å²) in [6.07, 6.45) is 0. The van der Waals surface area contributed by atoms with Crippen LogP contribution in [0.2, 0.25) is 0 Å². The highest BCUT2D eigenvalue weighted by atomic mass is 32.1. The Morgan fingerprint density at radius 3 is 2.94 bits per heavy atom. The van der Waals surface area contributed by atoms with E-state index in [1.165, 1.54) is 0 Å². The van der Waals surface area contributed by atoms with Crippen LogP contribution in [0.15, 0.2) is 18.2 Å². The van der Waals surface area contributed by atoms with E-state index in [1.54, 1.807) is 17.4 Å². The summed E-state index contributed by atoms with van der Waals surface area (Å²) >= 11 is 1.62. The van der Waals surface area contributed by atoms with Gasteiger partial charge in [-0.1, -0.05) is 13.8 Å². The molecule has 0 saturated heterocycles. The molecule has 0 aliphatic carbocycles. The van der Waals surface area contributed by atoms with E-state index in [4.69, 9.17) is 9.84 Å². The fourth-order valence-corrected chi connectivity index (χ4v) is 2.40. The van der Waals surface area contributed by atoms with Crippen molar-refractivity contribution in [3.63, 3.8) is 0 Å². The first kappa shape index (κ1) is 11.9. The van der Waals surface area contributed by atoms with Crippen LogP contribution in [-0.2, 0) is 4.79 Å². The Kier molecular flexibility index (Phi) is 3.28. The molecule has 5 heteroatoms. The predicted molar refractivity (Wildman–Crippen MR) is 66.8 cm³/mol. The maximum Gasteiger partial charge on any atom is 0.341 e. The van der Waals surface area contributed by atoms with E-state index in [9.17, 15) is 4.79 Å². The van der Waals surface area contributed by atoms with Crippen LogP contribution in [0.4, 0.5) is 0 Å². The molecule has 2 rings (SSSR count). The number of fused-ring (bicyclic) bond motifs is 1. The molecule has 0 saturated carbocycles. The Bertz CT molecular complexity index is 548. The number of thiazole rings is 1. The molecular formula is C12H13NO3S. The highest BCUT2D eigenvalue weighted by Crippen LogP contribution is 2.29. The molecule has 90 valence electrons. The van der Waals surface area contributed by atoms with Gasteiger partial charge in [0.05, 0.1) is 15.2 Å². The Morgan fingerprint density at radius 1 is 1.53 bits per heavy atom. The second-order valence-electron chi connectivity index (χ2n) is 4.02. The standard InChI is InChI=1S/C12H13NO3S/c1-7(2)12-13-9-4-3-8(5-10(9)17-12)16-6-11(14)15/h3-5,7H,6H2,1-2H3,(H,14,15). The molecular weight excluding hydrogens is 238 g/mol. The van der Waals surface area contributed by atoms with Crippen LogP contribution in [-0.4, -0.2) is 22.7 Å². The lowest BCUT2D eigenvalue weighted by molar-refractivity contribution is -0.139. The van der Waals surface area contributed by atoms with Crippen molar-refractivity contribution < 1.29 is 14.6 Å². The number of hydrogen-bond acceptors (Lipinski definition) is 4. The number of carboxylic acid groups (broad SMARTS) is 1. The summed E-state index contributed by atoms with van der Waals surface area (Å²) in [7, 11) is 0. The fraction of sp³-hybridized carbons (Fsp3) is 0.333. The van der Waals surface area contributed by atoms with Gasteiger partial charge >= 0.3 is 5.97 Å². The molecule has 0 amide bonds. The van der Waals surface area contributed by atoms with Crippen molar-refractivity contribution in [3.8, 4) is 5.75 Å². The van der Waals surface area contributed by atoms with Gasteiger partial charge in [0.1, 0.15) is 5.75 Å². The van der Waals surface area contributed by atoms with Crippen molar-refractivity contribution in [2.24, 2.45) is 0 Å². The third kappa shape index (κ3) is 2.74. The van der Waals surface area contributed by atoms with Crippen LogP contribution < -0.4 is 4.74 Å². The molecule has 0 aliphatic rings. The Labute approximate surface area is 103 Å². The number of nitrogens with zero attached hydrogens (tertiary/aromatic N) is 1. The van der Waals surface area contributed by atoms with Gasteiger partial charge in [-0.3, -0.25) is 0 Å². The van der Waals surface area contributed by atoms with E-state index in [2.05, 4.69) is 18.8 Å². The number of ether oxygens (including phenoxy) is 1. The third-order valence-corrected chi connectivity index (χ3v) is 3.55. The highest BCUT2D eigenvalue weighted by Gasteiger charge is 2.08. The molecule has 1 aromatic carbocycles. The monoisotopic (exact) mass is 251 g/mol. The van der Waals surface area contributed by atoms with E-state index >= 15 is 0 Å². The third-order valence-electron chi connectivity index (χ3n) is 2.23. The number of carboxylic acids is 1. The second-order valence-corrected chi connectivity index (χ2v) is 5.08. The zero-order valence-electron chi connectivity index (χ0n) is 9.64. The molecule has 1 heterocycles. The van der Waals surface area contributed by atoms with Crippen molar-refractivity contribution in [2.75, 3.05) is 6.61 Å². The maximum atomic E-state index is 10.4. The summed E-state index contributed by atoms with van der Waals surface area (Å²) in [5, 5.41) is 9.61. The maximum absolute atomic E-state index is 10.4. The number of rotatable bonds is 4. The summed E-state index contributed by atoms with van der Waals surface area (Å²) in [6.45, 7) is 3.88. The smallest absolute Gasteiger partial charge is 0.341 e. The van der Waals surface area contributed by atoms with Crippen molar-refractivity contribution in [1.82, 2.24) is 4.98 Å². The zero-order chi connectivity index (χ0) is 12.4. The lowest BCUT2D eigenvalue weighted by Gasteiger charge is -2.01. The molecule has 0 radical (unpaired) electrons. The minimum absolute atomic E-state index is 0.318. The van der Waals surface area contributed by atoms with E-state index in [-0.39, 0.29) is 6.61 Å². The van der Waals surface area contributed by atoms with Crippen LogP contribution in [0.3, 0.4) is 0 Å². The van der Waals surface area contributed by atoms with E-state index in [0.29, 0.717) is 11.7 Å². The molecule has 2 aromatic rings. The van der Waals surface area contributed by atoms with E-state index in [0.717, 1.165) is 15.2 Å². The summed E-state index contributed by atoms with van der Waals surface area (Å²) < 4.78 is 6.15. The SMILES string of the molecule is CC(C)c1nc2ccc(OCC(=O)O)cc2s1. The summed E-state index contributed by atoms with van der Waals surface area (Å²) in [4.78, 5) is 14.9. The Hall–Kier alpha value is -1.62. The number of carbonyl (C=O) groups is 1. The lowest BCUT2D eigenvalue weighted by Crippen LogP contribution is -2.09. The summed E-state index contributed by atoms with van der Waals surface area (Å²) in [5.41, 5.74) is 0.932. The summed E-state index contributed by atoms with van der Waals surface area (Å²) in [6, 6.07) is 5.44. The molecule has 0 bridgehead atoms. The Morgan fingerprint density at radius 2 is 2.29 bits per heavy atom. The molecule has 4 nitrogen and oxygen atoms in total. The van der Waals surface area contributed by atoms with E-state index in [1.807, 2.05) is 12.1 Å². The minimum Gasteiger partial charge on any atom is -0.482 e. The quantitative estimate of drug-likeness (QED) is 0.907. The first-order chi connectivity index (χ1) is 8.06. The average Bonchev–Trinajstić information content (AvgIpc) is 2.69. The van der Waals surface area contributed by atoms with Crippen molar-refractivity contribution >= 4 is 27.5 Å². The van der Waals surface area contributed by atoms with Crippen LogP contribution >= 0.6 is 11.3 Å². The van der Waals surface area contributed by atoms with Gasteiger partial charge in [0.2, 0.25) is 0 Å². The number of hydrogen-bond donors (Lipinski definition) is 1. The van der Waals surface area contributed by atoms with Crippen molar-refractivity contribution in [1.29, 1.82) is 0 Å². The largest absolute Gasteiger partial charge is 0.482 e. The van der Waals surface area contributed by atoms with Gasteiger partial charge < -0.3 is 9.84 Å². The van der Waals surface area contributed by atoms with Gasteiger partial charge in [-0.25, -0.2) is 9.78 Å². The second kappa shape index (κ2) is 4.71. The van der Waals surface area contributed by atoms with E-state index < -0.39 is 5.97 Å². The van der Waals surface area contributed by atoms with Crippen LogP contribution in [0, 0.1) is 0 Å². The molecule has 1 N–H and O–H groups in total. The minimum atomic E-state index is -0.975. The van der Waals surface area contributed by atoms with Crippen LogP contribution in [0.5, 0.6) is 5.75 Å². The predicted octanol–water partition coefficient (Wildman–Crippen LogP) is 2.88. The van der Waals surface area contributed by atoms with Gasteiger partial charge in [-0.05, 0) is 18.2 Å². The van der Waals surface area contributed by atoms with Gasteiger partial charge in [-0.2, -0.15) is 0 Å². The van der Waals surface area contributed by atoms with Crippen LogP contribution in [0.1, 0.15) is 24.8 Å². The van der Waals surface area contributed by atoms with Gasteiger partial charge in [0.25, 0.3) is 0 Å². The number of aromatic nitrogens is 1. The first-order valence-electron chi connectivity index (χ1n) is 5.31. The number of benzene rings is 1. The topological polar surface area (TPSA) is 59.4 Å². The molecule has 17 heavy (non-hydrogen) atoms. The van der Waals surface area contributed by atoms with Crippen molar-refractivity contribution in [3.05, 3.63) is 23.2 Å².